The molecule has 0 bridgehead atoms. The molecule has 0 aliphatic carbocycles. The Labute approximate surface area is 149 Å². The molecule has 4 nitrogen and oxygen atoms in total. The lowest BCUT2D eigenvalue weighted by Gasteiger charge is -2.39. The maximum absolute atomic E-state index is 13.3. The van der Waals surface area contributed by atoms with Crippen LogP contribution in [0.3, 0.4) is 0 Å². The van der Waals surface area contributed by atoms with Crippen LogP contribution in [0.15, 0.2) is 18.2 Å². The molecule has 0 unspecified atom stereocenters. The molecule has 3 heterocycles. The summed E-state index contributed by atoms with van der Waals surface area (Å²) in [5.41, 5.74) is 2.24. The van der Waals surface area contributed by atoms with E-state index in [1.54, 1.807) is 12.1 Å². The van der Waals surface area contributed by atoms with E-state index in [0.717, 1.165) is 69.9 Å². The van der Waals surface area contributed by atoms with Gasteiger partial charge in [-0.25, -0.2) is 4.39 Å². The van der Waals surface area contributed by atoms with Crippen molar-refractivity contribution in [2.75, 3.05) is 50.9 Å². The van der Waals surface area contributed by atoms with E-state index in [0.29, 0.717) is 12.0 Å². The first-order chi connectivity index (χ1) is 12.1. The van der Waals surface area contributed by atoms with Gasteiger partial charge in [-0.3, -0.25) is 4.90 Å². The van der Waals surface area contributed by atoms with Crippen LogP contribution >= 0.6 is 0 Å². The Balaban J connectivity index is 1.39. The quantitative estimate of drug-likeness (QED) is 0.910. The number of aliphatic hydroxyl groups excluding tert-OH is 1. The second-order valence-corrected chi connectivity index (χ2v) is 8.12. The maximum atomic E-state index is 13.3. The highest BCUT2D eigenvalue weighted by molar-refractivity contribution is 5.53. The van der Waals surface area contributed by atoms with Gasteiger partial charge < -0.3 is 14.7 Å². The summed E-state index contributed by atoms with van der Waals surface area (Å²) < 4.78 is 19.0. The SMILES string of the molecule is Cc1cc(F)ccc1N1CCC(N2C[C@@H]3COCC[C@]3(CO)C2)CC1. The van der Waals surface area contributed by atoms with Crippen LogP contribution in [-0.4, -0.2) is 62.0 Å². The number of fused-ring (bicyclic) bond motifs is 1. The first kappa shape index (κ1) is 17.3. The molecule has 3 aliphatic rings. The highest BCUT2D eigenvalue weighted by Gasteiger charge is 2.49. The van der Waals surface area contributed by atoms with Gasteiger partial charge in [-0.15, -0.1) is 0 Å². The van der Waals surface area contributed by atoms with E-state index in [4.69, 9.17) is 4.74 Å². The highest BCUT2D eigenvalue weighted by Crippen LogP contribution is 2.43. The Morgan fingerprint density at radius 1 is 1.32 bits per heavy atom. The lowest BCUT2D eigenvalue weighted by atomic mass is 9.75. The molecule has 0 spiro atoms. The Hall–Kier alpha value is -1.17. The fourth-order valence-electron chi connectivity index (χ4n) is 5.07. The second-order valence-electron chi connectivity index (χ2n) is 8.12. The number of halogens is 1. The van der Waals surface area contributed by atoms with Crippen molar-refractivity contribution < 1.29 is 14.2 Å². The number of likely N-dealkylation sites (tertiary alicyclic amines) is 1. The van der Waals surface area contributed by atoms with Gasteiger partial charge in [0.1, 0.15) is 5.82 Å². The zero-order valence-electron chi connectivity index (χ0n) is 15.1. The molecule has 2 atom stereocenters. The van der Waals surface area contributed by atoms with Gasteiger partial charge in [0.2, 0.25) is 0 Å². The molecule has 0 aromatic heterocycles. The molecule has 1 N–H and O–H groups in total. The van der Waals surface area contributed by atoms with Gasteiger partial charge in [0.05, 0.1) is 13.2 Å². The second kappa shape index (κ2) is 6.86. The van der Waals surface area contributed by atoms with Crippen molar-refractivity contribution in [3.05, 3.63) is 29.6 Å². The monoisotopic (exact) mass is 348 g/mol. The Morgan fingerprint density at radius 2 is 2.12 bits per heavy atom. The molecule has 1 aromatic rings. The molecule has 0 saturated carbocycles. The molecule has 25 heavy (non-hydrogen) atoms. The first-order valence-corrected chi connectivity index (χ1v) is 9.55. The van der Waals surface area contributed by atoms with Crippen LogP contribution in [0.4, 0.5) is 10.1 Å². The van der Waals surface area contributed by atoms with E-state index >= 15 is 0 Å². The van der Waals surface area contributed by atoms with Crippen molar-refractivity contribution in [3.63, 3.8) is 0 Å². The van der Waals surface area contributed by atoms with Crippen molar-refractivity contribution in [1.82, 2.24) is 4.90 Å². The molecular weight excluding hydrogens is 319 g/mol. The predicted molar refractivity (Wildman–Crippen MR) is 96.4 cm³/mol. The average Bonchev–Trinajstić information content (AvgIpc) is 3.02. The number of aliphatic hydroxyl groups is 1. The Bertz CT molecular complexity index is 618. The van der Waals surface area contributed by atoms with E-state index in [1.807, 2.05) is 13.0 Å². The van der Waals surface area contributed by atoms with Crippen LogP contribution in [0, 0.1) is 24.1 Å². The third-order valence-electron chi connectivity index (χ3n) is 6.70. The minimum Gasteiger partial charge on any atom is -0.396 e. The van der Waals surface area contributed by atoms with Crippen LogP contribution in [0.2, 0.25) is 0 Å². The lowest BCUT2D eigenvalue weighted by Crippen LogP contribution is -2.45. The van der Waals surface area contributed by atoms with E-state index in [2.05, 4.69) is 9.80 Å². The summed E-state index contributed by atoms with van der Waals surface area (Å²) in [6, 6.07) is 5.68. The number of anilines is 1. The molecule has 0 radical (unpaired) electrons. The summed E-state index contributed by atoms with van der Waals surface area (Å²) >= 11 is 0. The molecule has 4 rings (SSSR count). The topological polar surface area (TPSA) is 35.9 Å². The molecule has 138 valence electrons. The van der Waals surface area contributed by atoms with Gasteiger partial charge in [0.15, 0.2) is 0 Å². The number of rotatable bonds is 3. The fourth-order valence-corrected chi connectivity index (χ4v) is 5.07. The third kappa shape index (κ3) is 3.18. The van der Waals surface area contributed by atoms with Crippen LogP contribution in [0.5, 0.6) is 0 Å². The van der Waals surface area contributed by atoms with Crippen LogP contribution in [0.1, 0.15) is 24.8 Å². The van der Waals surface area contributed by atoms with E-state index in [1.165, 1.54) is 0 Å². The number of aryl methyl sites for hydroxylation is 1. The van der Waals surface area contributed by atoms with Gasteiger partial charge in [0, 0.05) is 55.8 Å². The van der Waals surface area contributed by atoms with Crippen LogP contribution in [0.25, 0.3) is 0 Å². The number of hydrogen-bond donors (Lipinski definition) is 1. The minimum atomic E-state index is -0.160. The molecule has 3 aliphatic heterocycles. The molecule has 3 saturated heterocycles. The summed E-state index contributed by atoms with van der Waals surface area (Å²) in [5.74, 6) is 0.316. The summed E-state index contributed by atoms with van der Waals surface area (Å²) in [6.45, 7) is 7.95. The van der Waals surface area contributed by atoms with E-state index in [9.17, 15) is 9.50 Å². The van der Waals surface area contributed by atoms with Crippen molar-refractivity contribution in [2.45, 2.75) is 32.2 Å². The molecule has 3 fully saturated rings. The number of benzene rings is 1. The summed E-state index contributed by atoms with van der Waals surface area (Å²) in [4.78, 5) is 4.99. The zero-order chi connectivity index (χ0) is 17.4. The zero-order valence-corrected chi connectivity index (χ0v) is 15.1. The van der Waals surface area contributed by atoms with Gasteiger partial charge in [-0.05, 0) is 49.9 Å². The molecule has 0 amide bonds. The van der Waals surface area contributed by atoms with E-state index < -0.39 is 0 Å². The van der Waals surface area contributed by atoms with Gasteiger partial charge >= 0.3 is 0 Å². The largest absolute Gasteiger partial charge is 0.396 e. The van der Waals surface area contributed by atoms with Gasteiger partial charge in [-0.1, -0.05) is 0 Å². The summed E-state index contributed by atoms with van der Waals surface area (Å²) in [7, 11) is 0. The molecular formula is C20H29FN2O2. The van der Waals surface area contributed by atoms with Crippen molar-refractivity contribution in [1.29, 1.82) is 0 Å². The smallest absolute Gasteiger partial charge is 0.123 e. The first-order valence-electron chi connectivity index (χ1n) is 9.55. The molecule has 1 aromatic carbocycles. The van der Waals surface area contributed by atoms with Crippen molar-refractivity contribution in [2.24, 2.45) is 11.3 Å². The molecule has 5 heteroatoms. The van der Waals surface area contributed by atoms with Crippen LogP contribution < -0.4 is 4.90 Å². The number of piperidine rings is 1. The van der Waals surface area contributed by atoms with Gasteiger partial charge in [-0.2, -0.15) is 0 Å². The van der Waals surface area contributed by atoms with Crippen molar-refractivity contribution in [3.8, 4) is 0 Å². The summed E-state index contributed by atoms with van der Waals surface area (Å²) in [5, 5.41) is 9.99. The maximum Gasteiger partial charge on any atom is 0.123 e. The predicted octanol–water partition coefficient (Wildman–Crippen LogP) is 2.43. The average molecular weight is 348 g/mol. The lowest BCUT2D eigenvalue weighted by molar-refractivity contribution is -0.0419. The Kier molecular flexibility index (Phi) is 4.73. The number of hydrogen-bond acceptors (Lipinski definition) is 4. The number of ether oxygens (including phenoxy) is 1. The number of nitrogens with zero attached hydrogens (tertiary/aromatic N) is 2. The highest BCUT2D eigenvalue weighted by atomic mass is 19.1. The third-order valence-corrected chi connectivity index (χ3v) is 6.70. The van der Waals surface area contributed by atoms with Crippen molar-refractivity contribution >= 4 is 5.69 Å². The van der Waals surface area contributed by atoms with Gasteiger partial charge in [0.25, 0.3) is 0 Å². The minimum absolute atomic E-state index is 0.0585. The van der Waals surface area contributed by atoms with Crippen LogP contribution in [-0.2, 0) is 4.74 Å². The van der Waals surface area contributed by atoms with E-state index in [-0.39, 0.29) is 17.8 Å². The standard InChI is InChI=1S/C20H29FN2O2/c1-15-10-17(21)2-3-19(15)22-7-4-18(5-8-22)23-11-16-12-25-9-6-20(16,13-23)14-24/h2-3,10,16,18,24H,4-9,11-14H2,1H3/t16-,20-/m1/s1. The fraction of sp³-hybridized carbons (Fsp3) is 0.700. The Morgan fingerprint density at radius 3 is 2.80 bits per heavy atom. The normalized spacial score (nSPS) is 31.3. The summed E-state index contributed by atoms with van der Waals surface area (Å²) in [6.07, 6.45) is 3.25.